The van der Waals surface area contributed by atoms with E-state index in [4.69, 9.17) is 0 Å². The maximum absolute atomic E-state index is 9.82. The van der Waals surface area contributed by atoms with Gasteiger partial charge in [0.2, 0.25) is 0 Å². The molecule has 1 aromatic rings. The fourth-order valence-electron chi connectivity index (χ4n) is 3.74. The lowest BCUT2D eigenvalue weighted by atomic mass is 9.89. The Labute approximate surface area is 128 Å². The van der Waals surface area contributed by atoms with Crippen molar-refractivity contribution >= 4 is 5.69 Å². The molecule has 2 aliphatic rings. The Hall–Kier alpha value is -1.53. The highest BCUT2D eigenvalue weighted by molar-refractivity contribution is 5.56. The van der Waals surface area contributed by atoms with Crippen LogP contribution < -0.4 is 10.2 Å². The first kappa shape index (κ1) is 14.4. The fourth-order valence-corrected chi connectivity index (χ4v) is 3.74. The van der Waals surface area contributed by atoms with Crippen molar-refractivity contribution in [3.8, 4) is 6.07 Å². The van der Waals surface area contributed by atoms with E-state index < -0.39 is 0 Å². The molecule has 3 rings (SSSR count). The normalized spacial score (nSPS) is 24.0. The number of anilines is 1. The first-order valence-electron chi connectivity index (χ1n) is 8.17. The summed E-state index contributed by atoms with van der Waals surface area (Å²) in [5.74, 6) is 1.17. The summed E-state index contributed by atoms with van der Waals surface area (Å²) < 4.78 is 0. The minimum atomic E-state index is -0.376. The van der Waals surface area contributed by atoms with E-state index in [0.29, 0.717) is 11.8 Å². The topological polar surface area (TPSA) is 39.1 Å². The van der Waals surface area contributed by atoms with Crippen molar-refractivity contribution in [2.45, 2.75) is 38.6 Å². The van der Waals surface area contributed by atoms with Gasteiger partial charge in [-0.2, -0.15) is 5.26 Å². The van der Waals surface area contributed by atoms with Crippen LogP contribution in [0.5, 0.6) is 0 Å². The van der Waals surface area contributed by atoms with Crippen molar-refractivity contribution in [3.63, 3.8) is 0 Å². The molecule has 1 fully saturated rings. The summed E-state index contributed by atoms with van der Waals surface area (Å²) in [4.78, 5) is 2.44. The van der Waals surface area contributed by atoms with Gasteiger partial charge in [-0.3, -0.25) is 5.32 Å². The smallest absolute Gasteiger partial charge is 0.127 e. The summed E-state index contributed by atoms with van der Waals surface area (Å²) in [5, 5.41) is 13.3. The monoisotopic (exact) mass is 283 g/mol. The second-order valence-electron chi connectivity index (χ2n) is 6.71. The van der Waals surface area contributed by atoms with E-state index in [1.165, 1.54) is 24.1 Å². The summed E-state index contributed by atoms with van der Waals surface area (Å²) in [5.41, 5.74) is 2.38. The van der Waals surface area contributed by atoms with E-state index in [1.807, 2.05) is 0 Å². The number of rotatable bonds is 5. The molecule has 21 heavy (non-hydrogen) atoms. The van der Waals surface area contributed by atoms with Gasteiger partial charge >= 0.3 is 0 Å². The highest BCUT2D eigenvalue weighted by Gasteiger charge is 2.46. The van der Waals surface area contributed by atoms with Crippen molar-refractivity contribution in [1.82, 2.24) is 5.32 Å². The van der Waals surface area contributed by atoms with Crippen LogP contribution in [-0.4, -0.2) is 25.2 Å². The molecule has 112 valence electrons. The number of likely N-dealkylation sites (N-methyl/N-ethyl adjacent to an activating group) is 1. The van der Waals surface area contributed by atoms with Crippen LogP contribution in [0.3, 0.4) is 0 Å². The molecule has 1 aromatic carbocycles. The molecule has 1 N–H and O–H groups in total. The van der Waals surface area contributed by atoms with Gasteiger partial charge in [-0.25, -0.2) is 0 Å². The van der Waals surface area contributed by atoms with Gasteiger partial charge in [0.1, 0.15) is 5.54 Å². The number of nitrogens with zero attached hydrogens (tertiary/aromatic N) is 2. The quantitative estimate of drug-likeness (QED) is 0.903. The number of fused-ring (bicyclic) bond motifs is 1. The molecular weight excluding hydrogens is 258 g/mol. The average molecular weight is 283 g/mol. The molecule has 2 unspecified atom stereocenters. The average Bonchev–Trinajstić information content (AvgIpc) is 3.31. The molecule has 1 saturated carbocycles. The van der Waals surface area contributed by atoms with E-state index in [-0.39, 0.29) is 5.54 Å². The standard InChI is InChI=1S/C18H25N3/c1-3-20-18(12-19,16-8-9-16)13-21-11-14(2)10-15-6-4-5-7-17(15)21/h4-7,14,16,20H,3,8-11,13H2,1-2H3. The Morgan fingerprint density at radius 3 is 2.81 bits per heavy atom. The van der Waals surface area contributed by atoms with E-state index in [1.54, 1.807) is 0 Å². The van der Waals surface area contributed by atoms with Crippen molar-refractivity contribution in [1.29, 1.82) is 5.26 Å². The van der Waals surface area contributed by atoms with Gasteiger partial charge in [-0.1, -0.05) is 32.0 Å². The molecule has 0 amide bonds. The van der Waals surface area contributed by atoms with Crippen LogP contribution >= 0.6 is 0 Å². The first-order chi connectivity index (χ1) is 10.2. The molecule has 1 heterocycles. The number of nitriles is 1. The Bertz CT molecular complexity index is 544. The third-order valence-electron chi connectivity index (χ3n) is 4.84. The Morgan fingerprint density at radius 1 is 1.38 bits per heavy atom. The maximum Gasteiger partial charge on any atom is 0.127 e. The van der Waals surface area contributed by atoms with Crippen LogP contribution in [0.1, 0.15) is 32.3 Å². The Balaban J connectivity index is 1.88. The van der Waals surface area contributed by atoms with Gasteiger partial charge in [0, 0.05) is 18.8 Å². The lowest BCUT2D eigenvalue weighted by Gasteiger charge is -2.40. The minimum absolute atomic E-state index is 0.376. The lowest BCUT2D eigenvalue weighted by Crippen LogP contribution is -2.56. The van der Waals surface area contributed by atoms with Crippen molar-refractivity contribution < 1.29 is 0 Å². The van der Waals surface area contributed by atoms with Gasteiger partial charge in [-0.05, 0) is 49.3 Å². The predicted octanol–water partition coefficient (Wildman–Crippen LogP) is 2.97. The van der Waals surface area contributed by atoms with Gasteiger partial charge < -0.3 is 4.90 Å². The van der Waals surface area contributed by atoms with Crippen LogP contribution in [0.2, 0.25) is 0 Å². The lowest BCUT2D eigenvalue weighted by molar-refractivity contribution is 0.360. The molecule has 0 spiro atoms. The summed E-state index contributed by atoms with van der Waals surface area (Å²) in [6, 6.07) is 11.3. The number of para-hydroxylation sites is 1. The predicted molar refractivity (Wildman–Crippen MR) is 86.3 cm³/mol. The van der Waals surface area contributed by atoms with Gasteiger partial charge in [0.15, 0.2) is 0 Å². The Morgan fingerprint density at radius 2 is 2.14 bits per heavy atom. The van der Waals surface area contributed by atoms with Crippen LogP contribution in [0.4, 0.5) is 5.69 Å². The van der Waals surface area contributed by atoms with Crippen molar-refractivity contribution in [3.05, 3.63) is 29.8 Å². The van der Waals surface area contributed by atoms with Gasteiger partial charge in [0.05, 0.1) is 6.07 Å². The second-order valence-corrected chi connectivity index (χ2v) is 6.71. The van der Waals surface area contributed by atoms with Crippen molar-refractivity contribution in [2.75, 3.05) is 24.5 Å². The third-order valence-corrected chi connectivity index (χ3v) is 4.84. The Kier molecular flexibility index (Phi) is 3.91. The van der Waals surface area contributed by atoms with Crippen LogP contribution in [0.25, 0.3) is 0 Å². The van der Waals surface area contributed by atoms with Crippen molar-refractivity contribution in [2.24, 2.45) is 11.8 Å². The zero-order valence-corrected chi connectivity index (χ0v) is 13.1. The largest absolute Gasteiger partial charge is 0.368 e. The summed E-state index contributed by atoms with van der Waals surface area (Å²) in [6.07, 6.45) is 3.52. The van der Waals surface area contributed by atoms with Crippen LogP contribution in [0.15, 0.2) is 24.3 Å². The molecular formula is C18H25N3. The van der Waals surface area contributed by atoms with Gasteiger partial charge in [0.25, 0.3) is 0 Å². The fraction of sp³-hybridized carbons (Fsp3) is 0.611. The summed E-state index contributed by atoms with van der Waals surface area (Å²) >= 11 is 0. The van der Waals surface area contributed by atoms with Crippen LogP contribution in [0, 0.1) is 23.2 Å². The maximum atomic E-state index is 9.82. The molecule has 3 nitrogen and oxygen atoms in total. The number of nitrogens with one attached hydrogen (secondary N) is 1. The molecule has 3 heteroatoms. The highest BCUT2D eigenvalue weighted by Crippen LogP contribution is 2.41. The number of hydrogen-bond donors (Lipinski definition) is 1. The molecule has 0 aromatic heterocycles. The molecule has 1 aliphatic heterocycles. The van der Waals surface area contributed by atoms with E-state index in [0.717, 1.165) is 26.1 Å². The summed E-state index contributed by atoms with van der Waals surface area (Å²) in [6.45, 7) is 7.12. The number of hydrogen-bond acceptors (Lipinski definition) is 3. The molecule has 0 radical (unpaired) electrons. The zero-order chi connectivity index (χ0) is 14.9. The van der Waals surface area contributed by atoms with Gasteiger partial charge in [-0.15, -0.1) is 0 Å². The van der Waals surface area contributed by atoms with Crippen LogP contribution in [-0.2, 0) is 6.42 Å². The number of benzene rings is 1. The molecule has 1 aliphatic carbocycles. The molecule has 0 saturated heterocycles. The minimum Gasteiger partial charge on any atom is -0.368 e. The summed E-state index contributed by atoms with van der Waals surface area (Å²) in [7, 11) is 0. The molecule has 0 bridgehead atoms. The first-order valence-corrected chi connectivity index (χ1v) is 8.17. The zero-order valence-electron chi connectivity index (χ0n) is 13.1. The third kappa shape index (κ3) is 2.78. The molecule has 2 atom stereocenters. The second kappa shape index (κ2) is 5.69. The van der Waals surface area contributed by atoms with E-state index >= 15 is 0 Å². The van der Waals surface area contributed by atoms with E-state index in [2.05, 4.69) is 54.4 Å². The highest BCUT2D eigenvalue weighted by atomic mass is 15.2. The van der Waals surface area contributed by atoms with E-state index in [9.17, 15) is 5.26 Å². The SMILES string of the molecule is CCNC(C#N)(CN1CC(C)Cc2ccccc21)C1CC1.